The SMILES string of the molecule is O=C1Cc2cc(Cl)cc(C(O)Cc3cccs3)c2N1. The van der Waals surface area contributed by atoms with Crippen molar-refractivity contribution in [2.75, 3.05) is 5.32 Å². The molecule has 3 rings (SSSR count). The molecule has 1 amide bonds. The first kappa shape index (κ1) is 12.7. The van der Waals surface area contributed by atoms with Gasteiger partial charge in [0.15, 0.2) is 0 Å². The highest BCUT2D eigenvalue weighted by atomic mass is 35.5. The van der Waals surface area contributed by atoms with Crippen molar-refractivity contribution in [1.82, 2.24) is 0 Å². The molecule has 1 atom stereocenters. The van der Waals surface area contributed by atoms with Gasteiger partial charge in [0.25, 0.3) is 0 Å². The highest BCUT2D eigenvalue weighted by Crippen LogP contribution is 2.35. The highest BCUT2D eigenvalue weighted by molar-refractivity contribution is 7.09. The van der Waals surface area contributed by atoms with Gasteiger partial charge in [-0.25, -0.2) is 0 Å². The minimum atomic E-state index is -0.663. The lowest BCUT2D eigenvalue weighted by atomic mass is 10.0. The summed E-state index contributed by atoms with van der Waals surface area (Å²) in [5.74, 6) is -0.0539. The third kappa shape index (κ3) is 2.52. The number of anilines is 1. The van der Waals surface area contributed by atoms with Gasteiger partial charge < -0.3 is 10.4 Å². The fourth-order valence-corrected chi connectivity index (χ4v) is 3.32. The average molecular weight is 294 g/mol. The van der Waals surface area contributed by atoms with Crippen LogP contribution in [0, 0.1) is 0 Å². The van der Waals surface area contributed by atoms with Crippen molar-refractivity contribution >= 4 is 34.5 Å². The molecule has 1 unspecified atom stereocenters. The van der Waals surface area contributed by atoms with Crippen LogP contribution in [0.4, 0.5) is 5.69 Å². The number of rotatable bonds is 3. The van der Waals surface area contributed by atoms with Gasteiger partial charge in [-0.1, -0.05) is 17.7 Å². The van der Waals surface area contributed by atoms with Gasteiger partial charge in [0.05, 0.1) is 18.2 Å². The van der Waals surface area contributed by atoms with E-state index in [0.717, 1.165) is 16.1 Å². The van der Waals surface area contributed by atoms with Crippen LogP contribution in [0.25, 0.3) is 0 Å². The summed E-state index contributed by atoms with van der Waals surface area (Å²) in [5, 5.41) is 15.7. The second kappa shape index (κ2) is 4.96. The number of aliphatic hydroxyl groups excluding tert-OH is 1. The van der Waals surface area contributed by atoms with Crippen LogP contribution in [0.3, 0.4) is 0 Å². The number of aliphatic hydroxyl groups is 1. The zero-order valence-electron chi connectivity index (χ0n) is 10.0. The summed E-state index contributed by atoms with van der Waals surface area (Å²) in [4.78, 5) is 12.6. The lowest BCUT2D eigenvalue weighted by molar-refractivity contribution is -0.115. The predicted molar refractivity (Wildman–Crippen MR) is 76.8 cm³/mol. The molecule has 0 aliphatic carbocycles. The quantitative estimate of drug-likeness (QED) is 0.913. The summed E-state index contributed by atoms with van der Waals surface area (Å²) < 4.78 is 0. The van der Waals surface area contributed by atoms with E-state index in [-0.39, 0.29) is 5.91 Å². The molecule has 3 nitrogen and oxygen atoms in total. The number of benzene rings is 1. The molecule has 19 heavy (non-hydrogen) atoms. The van der Waals surface area contributed by atoms with Crippen LogP contribution >= 0.6 is 22.9 Å². The number of hydrogen-bond donors (Lipinski definition) is 2. The van der Waals surface area contributed by atoms with Crippen LogP contribution in [0.5, 0.6) is 0 Å². The summed E-state index contributed by atoms with van der Waals surface area (Å²) in [6, 6.07) is 7.44. The topological polar surface area (TPSA) is 49.3 Å². The number of carbonyl (C=O) groups excluding carboxylic acids is 1. The molecule has 2 aromatic rings. The third-order valence-corrected chi connectivity index (χ3v) is 4.28. The maximum absolute atomic E-state index is 11.5. The Kier molecular flexibility index (Phi) is 3.31. The van der Waals surface area contributed by atoms with E-state index >= 15 is 0 Å². The highest BCUT2D eigenvalue weighted by Gasteiger charge is 2.24. The van der Waals surface area contributed by atoms with Gasteiger partial charge in [0.1, 0.15) is 0 Å². The van der Waals surface area contributed by atoms with Crippen LogP contribution in [0.2, 0.25) is 5.02 Å². The lowest BCUT2D eigenvalue weighted by Gasteiger charge is -2.15. The van der Waals surface area contributed by atoms with Gasteiger partial charge in [-0.2, -0.15) is 0 Å². The molecule has 0 saturated heterocycles. The maximum atomic E-state index is 11.5. The molecule has 5 heteroatoms. The van der Waals surface area contributed by atoms with E-state index in [1.54, 1.807) is 23.5 Å². The van der Waals surface area contributed by atoms with E-state index in [1.807, 2.05) is 17.5 Å². The molecule has 0 saturated carbocycles. The Morgan fingerprint density at radius 1 is 1.47 bits per heavy atom. The minimum Gasteiger partial charge on any atom is -0.388 e. The van der Waals surface area contributed by atoms with E-state index in [0.29, 0.717) is 23.4 Å². The summed E-state index contributed by atoms with van der Waals surface area (Å²) in [7, 11) is 0. The minimum absolute atomic E-state index is 0.0539. The smallest absolute Gasteiger partial charge is 0.228 e. The molecular formula is C14H12ClNO2S. The van der Waals surface area contributed by atoms with Crippen molar-refractivity contribution in [1.29, 1.82) is 0 Å². The predicted octanol–water partition coefficient (Wildman–Crippen LogP) is 3.17. The first-order valence-corrected chi connectivity index (χ1v) is 7.22. The molecule has 0 bridgehead atoms. The molecule has 0 spiro atoms. The van der Waals surface area contributed by atoms with Crippen LogP contribution in [0.1, 0.15) is 22.1 Å². The van der Waals surface area contributed by atoms with Gasteiger partial charge in [0, 0.05) is 21.9 Å². The van der Waals surface area contributed by atoms with E-state index < -0.39 is 6.10 Å². The molecule has 1 aliphatic heterocycles. The van der Waals surface area contributed by atoms with Crippen molar-refractivity contribution in [2.24, 2.45) is 0 Å². The molecule has 1 aromatic heterocycles. The number of hydrogen-bond acceptors (Lipinski definition) is 3. The molecule has 2 N–H and O–H groups in total. The normalized spacial score (nSPS) is 15.2. The maximum Gasteiger partial charge on any atom is 0.228 e. The molecular weight excluding hydrogens is 282 g/mol. The number of thiophene rings is 1. The fourth-order valence-electron chi connectivity index (χ4n) is 2.33. The Bertz CT molecular complexity index is 625. The molecule has 0 radical (unpaired) electrons. The van der Waals surface area contributed by atoms with E-state index in [1.165, 1.54) is 0 Å². The van der Waals surface area contributed by atoms with Crippen molar-refractivity contribution < 1.29 is 9.90 Å². The molecule has 1 aliphatic rings. The van der Waals surface area contributed by atoms with Crippen LogP contribution < -0.4 is 5.32 Å². The van der Waals surface area contributed by atoms with Crippen molar-refractivity contribution in [2.45, 2.75) is 18.9 Å². The molecule has 1 aromatic carbocycles. The Labute approximate surface area is 119 Å². The lowest BCUT2D eigenvalue weighted by Crippen LogP contribution is -2.08. The first-order valence-electron chi connectivity index (χ1n) is 5.96. The first-order chi connectivity index (χ1) is 9.13. The standard InChI is InChI=1S/C14H12ClNO2S/c15-9-4-8-5-13(18)16-14(8)11(6-9)12(17)7-10-2-1-3-19-10/h1-4,6,12,17H,5,7H2,(H,16,18). The van der Waals surface area contributed by atoms with Crippen LogP contribution in [-0.4, -0.2) is 11.0 Å². The van der Waals surface area contributed by atoms with Gasteiger partial charge in [0.2, 0.25) is 5.91 Å². The van der Waals surface area contributed by atoms with Crippen molar-refractivity contribution in [3.63, 3.8) is 0 Å². The van der Waals surface area contributed by atoms with Gasteiger partial charge in [-0.15, -0.1) is 11.3 Å². The second-order valence-corrected chi connectivity index (χ2v) is 6.02. The molecule has 98 valence electrons. The molecule has 0 fully saturated rings. The number of fused-ring (bicyclic) bond motifs is 1. The van der Waals surface area contributed by atoms with Crippen molar-refractivity contribution in [3.8, 4) is 0 Å². The van der Waals surface area contributed by atoms with Crippen molar-refractivity contribution in [3.05, 3.63) is 50.7 Å². The number of carbonyl (C=O) groups is 1. The fraction of sp³-hybridized carbons (Fsp3) is 0.214. The number of amides is 1. The Balaban J connectivity index is 1.94. The summed E-state index contributed by atoms with van der Waals surface area (Å²) >= 11 is 7.66. The molecule has 2 heterocycles. The summed E-state index contributed by atoms with van der Waals surface area (Å²) in [5.41, 5.74) is 2.28. The zero-order valence-corrected chi connectivity index (χ0v) is 11.6. The Morgan fingerprint density at radius 2 is 2.32 bits per heavy atom. The Morgan fingerprint density at radius 3 is 3.05 bits per heavy atom. The zero-order chi connectivity index (χ0) is 13.4. The average Bonchev–Trinajstić information content (AvgIpc) is 2.96. The number of halogens is 1. The van der Waals surface area contributed by atoms with E-state index in [9.17, 15) is 9.90 Å². The number of nitrogens with one attached hydrogen (secondary N) is 1. The van der Waals surface area contributed by atoms with E-state index in [4.69, 9.17) is 11.6 Å². The van der Waals surface area contributed by atoms with Crippen LogP contribution in [0.15, 0.2) is 29.6 Å². The van der Waals surface area contributed by atoms with Crippen LogP contribution in [-0.2, 0) is 17.6 Å². The summed E-state index contributed by atoms with van der Waals surface area (Å²) in [6.45, 7) is 0. The third-order valence-electron chi connectivity index (χ3n) is 3.16. The Hall–Kier alpha value is -1.36. The monoisotopic (exact) mass is 293 g/mol. The van der Waals surface area contributed by atoms with E-state index in [2.05, 4.69) is 5.32 Å². The summed E-state index contributed by atoms with van der Waals surface area (Å²) in [6.07, 6.45) is 0.194. The van der Waals surface area contributed by atoms with Gasteiger partial charge in [-0.3, -0.25) is 4.79 Å². The second-order valence-electron chi connectivity index (χ2n) is 4.55. The largest absolute Gasteiger partial charge is 0.388 e. The van der Waals surface area contributed by atoms with Gasteiger partial charge in [-0.05, 0) is 29.1 Å². The van der Waals surface area contributed by atoms with Gasteiger partial charge >= 0.3 is 0 Å².